The maximum atomic E-state index is 6.89. The van der Waals surface area contributed by atoms with Crippen molar-refractivity contribution in [2.45, 2.75) is 84.6 Å². The molecule has 0 bridgehead atoms. The van der Waals surface area contributed by atoms with Crippen molar-refractivity contribution in [1.29, 1.82) is 0 Å². The molecule has 0 aromatic carbocycles. The highest BCUT2D eigenvalue weighted by Crippen LogP contribution is 2.53. The second kappa shape index (κ2) is 4.26. The molecule has 17 heavy (non-hydrogen) atoms. The molecule has 1 heteroatoms. The monoisotopic (exact) mass is 237 g/mol. The van der Waals surface area contributed by atoms with E-state index in [1.54, 1.807) is 0 Å². The van der Waals surface area contributed by atoms with Crippen LogP contribution in [0, 0.1) is 16.7 Å². The van der Waals surface area contributed by atoms with Gasteiger partial charge in [-0.15, -0.1) is 0 Å². The molecule has 1 nitrogen and oxygen atoms in total. The normalized spacial score (nSPS) is 32.3. The summed E-state index contributed by atoms with van der Waals surface area (Å²) >= 11 is 0. The van der Waals surface area contributed by atoms with E-state index in [0.29, 0.717) is 10.8 Å². The van der Waals surface area contributed by atoms with Crippen molar-refractivity contribution in [3.8, 4) is 0 Å². The number of nitrogens with two attached hydrogens (primary N) is 1. The van der Waals surface area contributed by atoms with Crippen molar-refractivity contribution in [3.05, 3.63) is 0 Å². The molecule has 2 fully saturated rings. The lowest BCUT2D eigenvalue weighted by molar-refractivity contribution is 0.00789. The maximum Gasteiger partial charge on any atom is 0.0193 e. The standard InChI is InChI=1S/C16H31N/c1-14(2)10-15(3,4)12-16(17,11-14)13-8-6-5-7-9-13/h13H,5-12,17H2,1-4H3. The van der Waals surface area contributed by atoms with Crippen LogP contribution in [-0.4, -0.2) is 5.54 Å². The van der Waals surface area contributed by atoms with E-state index < -0.39 is 0 Å². The first-order valence-electron chi connectivity index (χ1n) is 7.52. The van der Waals surface area contributed by atoms with Gasteiger partial charge >= 0.3 is 0 Å². The molecular formula is C16H31N. The van der Waals surface area contributed by atoms with Crippen molar-refractivity contribution < 1.29 is 0 Å². The average Bonchev–Trinajstić information content (AvgIpc) is 2.13. The van der Waals surface area contributed by atoms with Crippen LogP contribution in [0.1, 0.15) is 79.1 Å². The summed E-state index contributed by atoms with van der Waals surface area (Å²) in [7, 11) is 0. The number of hydrogen-bond acceptors (Lipinski definition) is 1. The highest BCUT2D eigenvalue weighted by atomic mass is 14.8. The van der Waals surface area contributed by atoms with E-state index in [0.717, 1.165) is 5.92 Å². The predicted octanol–water partition coefficient (Wildman–Crippen LogP) is 4.50. The number of rotatable bonds is 1. The van der Waals surface area contributed by atoms with Crippen LogP contribution < -0.4 is 5.73 Å². The molecule has 0 unspecified atom stereocenters. The van der Waals surface area contributed by atoms with E-state index in [1.165, 1.54) is 51.4 Å². The van der Waals surface area contributed by atoms with Gasteiger partial charge in [-0.2, -0.15) is 0 Å². The maximum absolute atomic E-state index is 6.89. The Labute approximate surface area is 108 Å². The molecule has 0 aromatic rings. The van der Waals surface area contributed by atoms with Crippen molar-refractivity contribution >= 4 is 0 Å². The fraction of sp³-hybridized carbons (Fsp3) is 1.00. The largest absolute Gasteiger partial charge is 0.325 e. The molecule has 2 aliphatic rings. The quantitative estimate of drug-likeness (QED) is 0.714. The van der Waals surface area contributed by atoms with Crippen LogP contribution in [0.3, 0.4) is 0 Å². The second-order valence-electron chi connectivity index (χ2n) is 8.43. The molecule has 0 atom stereocenters. The summed E-state index contributed by atoms with van der Waals surface area (Å²) in [6, 6.07) is 0. The third-order valence-corrected chi connectivity index (χ3v) is 4.99. The van der Waals surface area contributed by atoms with Gasteiger partial charge in [0.15, 0.2) is 0 Å². The molecule has 0 saturated heterocycles. The summed E-state index contributed by atoms with van der Waals surface area (Å²) in [5.74, 6) is 0.787. The molecule has 0 amide bonds. The van der Waals surface area contributed by atoms with Gasteiger partial charge in [0.25, 0.3) is 0 Å². The molecule has 0 spiro atoms. The Morgan fingerprint density at radius 3 is 1.71 bits per heavy atom. The molecule has 2 N–H and O–H groups in total. The molecule has 100 valence electrons. The third kappa shape index (κ3) is 3.05. The van der Waals surface area contributed by atoms with E-state index >= 15 is 0 Å². The molecular weight excluding hydrogens is 206 g/mol. The van der Waals surface area contributed by atoms with Gasteiger partial charge in [-0.3, -0.25) is 0 Å². The molecule has 0 radical (unpaired) electrons. The Bertz CT molecular complexity index is 255. The minimum atomic E-state index is 0.117. The Kier molecular flexibility index (Phi) is 3.36. The first-order chi connectivity index (χ1) is 7.73. The Hall–Kier alpha value is -0.0400. The van der Waals surface area contributed by atoms with Crippen molar-refractivity contribution in [2.75, 3.05) is 0 Å². The number of hydrogen-bond donors (Lipinski definition) is 1. The zero-order valence-corrected chi connectivity index (χ0v) is 12.3. The summed E-state index contributed by atoms with van der Waals surface area (Å²) in [6.07, 6.45) is 10.8. The summed E-state index contributed by atoms with van der Waals surface area (Å²) < 4.78 is 0. The first kappa shape index (κ1) is 13.4. The minimum Gasteiger partial charge on any atom is -0.325 e. The van der Waals surface area contributed by atoms with Gasteiger partial charge in [0.2, 0.25) is 0 Å². The third-order valence-electron chi connectivity index (χ3n) is 4.99. The lowest BCUT2D eigenvalue weighted by Gasteiger charge is -2.54. The predicted molar refractivity (Wildman–Crippen MR) is 74.9 cm³/mol. The molecule has 0 aromatic heterocycles. The van der Waals surface area contributed by atoms with E-state index in [1.807, 2.05) is 0 Å². The summed E-state index contributed by atoms with van der Waals surface area (Å²) in [6.45, 7) is 9.66. The fourth-order valence-corrected chi connectivity index (χ4v) is 5.23. The van der Waals surface area contributed by atoms with E-state index in [9.17, 15) is 0 Å². The van der Waals surface area contributed by atoms with Crippen LogP contribution in [0.4, 0.5) is 0 Å². The highest BCUT2D eigenvalue weighted by molar-refractivity contribution is 5.04. The van der Waals surface area contributed by atoms with Gasteiger partial charge in [-0.05, 0) is 48.9 Å². The molecule has 2 aliphatic carbocycles. The topological polar surface area (TPSA) is 26.0 Å². The molecule has 0 aliphatic heterocycles. The summed E-state index contributed by atoms with van der Waals surface area (Å²) in [4.78, 5) is 0. The molecule has 2 saturated carbocycles. The molecule has 2 rings (SSSR count). The fourth-order valence-electron chi connectivity index (χ4n) is 5.23. The Morgan fingerprint density at radius 1 is 0.765 bits per heavy atom. The van der Waals surface area contributed by atoms with Crippen LogP contribution in [0.5, 0.6) is 0 Å². The van der Waals surface area contributed by atoms with Gasteiger partial charge in [-0.1, -0.05) is 47.0 Å². The first-order valence-corrected chi connectivity index (χ1v) is 7.52. The second-order valence-corrected chi connectivity index (χ2v) is 8.43. The zero-order valence-electron chi connectivity index (χ0n) is 12.3. The van der Waals surface area contributed by atoms with E-state index in [-0.39, 0.29) is 5.54 Å². The lowest BCUT2D eigenvalue weighted by Crippen LogP contribution is -2.57. The average molecular weight is 237 g/mol. The van der Waals surface area contributed by atoms with Crippen LogP contribution in [-0.2, 0) is 0 Å². The Balaban J connectivity index is 2.17. The van der Waals surface area contributed by atoms with Crippen molar-refractivity contribution in [2.24, 2.45) is 22.5 Å². The van der Waals surface area contributed by atoms with Crippen molar-refractivity contribution in [3.63, 3.8) is 0 Å². The van der Waals surface area contributed by atoms with Crippen LogP contribution in [0.15, 0.2) is 0 Å². The summed E-state index contributed by atoms with van der Waals surface area (Å²) in [5.41, 5.74) is 7.85. The van der Waals surface area contributed by atoms with E-state index in [4.69, 9.17) is 5.73 Å². The van der Waals surface area contributed by atoms with E-state index in [2.05, 4.69) is 27.7 Å². The van der Waals surface area contributed by atoms with Gasteiger partial charge in [0.05, 0.1) is 0 Å². The SMILES string of the molecule is CC1(C)CC(C)(C)CC(N)(C2CCCCC2)C1. The Morgan fingerprint density at radius 2 is 1.24 bits per heavy atom. The van der Waals surface area contributed by atoms with Gasteiger partial charge in [0.1, 0.15) is 0 Å². The van der Waals surface area contributed by atoms with Gasteiger partial charge in [-0.25, -0.2) is 0 Å². The smallest absolute Gasteiger partial charge is 0.0193 e. The van der Waals surface area contributed by atoms with Gasteiger partial charge < -0.3 is 5.73 Å². The van der Waals surface area contributed by atoms with Crippen molar-refractivity contribution in [1.82, 2.24) is 0 Å². The van der Waals surface area contributed by atoms with Crippen LogP contribution in [0.25, 0.3) is 0 Å². The summed E-state index contributed by atoms with van der Waals surface area (Å²) in [5, 5.41) is 0. The minimum absolute atomic E-state index is 0.117. The zero-order chi connectivity index (χ0) is 12.7. The van der Waals surface area contributed by atoms with Crippen LogP contribution in [0.2, 0.25) is 0 Å². The van der Waals surface area contributed by atoms with Crippen LogP contribution >= 0.6 is 0 Å². The molecule has 0 heterocycles. The highest BCUT2D eigenvalue weighted by Gasteiger charge is 2.48. The lowest BCUT2D eigenvalue weighted by atomic mass is 9.54. The van der Waals surface area contributed by atoms with Gasteiger partial charge in [0, 0.05) is 5.54 Å².